The maximum Gasteiger partial charge on any atom is 0.242 e. The van der Waals surface area contributed by atoms with Crippen molar-refractivity contribution in [1.82, 2.24) is 9.62 Å². The lowest BCUT2D eigenvalue weighted by Gasteiger charge is -2.22. The van der Waals surface area contributed by atoms with Gasteiger partial charge in [-0.15, -0.1) is 0 Å². The van der Waals surface area contributed by atoms with Gasteiger partial charge in [-0.1, -0.05) is 23.7 Å². The second kappa shape index (κ2) is 11.4. The molecule has 0 unspecified atom stereocenters. The van der Waals surface area contributed by atoms with Crippen LogP contribution < -0.4 is 9.62 Å². The van der Waals surface area contributed by atoms with Gasteiger partial charge in [0.25, 0.3) is 0 Å². The summed E-state index contributed by atoms with van der Waals surface area (Å²) in [4.78, 5) is 12.3. The van der Waals surface area contributed by atoms with E-state index in [-0.39, 0.29) is 10.6 Å². The standard InChI is InChI=1S/C20H26ClN3O5S3/c1-23(2)32(28,29)19-9-7-18(8-10-19)24(31(3,26)27)14-20(25)22-11-12-30-15-16-5-4-6-17(21)13-16/h4-10,13H,11-12,14-15H2,1-3H3,(H,22,25). The lowest BCUT2D eigenvalue weighted by atomic mass is 10.2. The van der Waals surface area contributed by atoms with E-state index >= 15 is 0 Å². The van der Waals surface area contributed by atoms with Gasteiger partial charge in [0.2, 0.25) is 26.0 Å². The minimum absolute atomic E-state index is 0.0286. The Kier molecular flexibility index (Phi) is 9.40. The first-order valence-electron chi connectivity index (χ1n) is 9.50. The zero-order chi connectivity index (χ0) is 23.9. The Labute approximate surface area is 199 Å². The van der Waals surface area contributed by atoms with Crippen LogP contribution in [0, 0.1) is 0 Å². The molecule has 0 spiro atoms. The highest BCUT2D eigenvalue weighted by atomic mass is 35.5. The number of rotatable bonds is 11. The van der Waals surface area contributed by atoms with Crippen molar-refractivity contribution >= 4 is 55.0 Å². The summed E-state index contributed by atoms with van der Waals surface area (Å²) in [5.74, 6) is 0.936. The van der Waals surface area contributed by atoms with Crippen LogP contribution in [0.3, 0.4) is 0 Å². The van der Waals surface area contributed by atoms with Crippen molar-refractivity contribution in [3.63, 3.8) is 0 Å². The number of nitrogens with one attached hydrogen (secondary N) is 1. The van der Waals surface area contributed by atoms with Crippen molar-refractivity contribution < 1.29 is 21.6 Å². The summed E-state index contributed by atoms with van der Waals surface area (Å²) in [6, 6.07) is 12.9. The van der Waals surface area contributed by atoms with E-state index in [1.807, 2.05) is 18.2 Å². The number of hydrogen-bond acceptors (Lipinski definition) is 6. The van der Waals surface area contributed by atoms with Gasteiger partial charge in [0.05, 0.1) is 16.8 Å². The number of benzene rings is 2. The maximum absolute atomic E-state index is 12.3. The van der Waals surface area contributed by atoms with E-state index in [2.05, 4.69) is 5.32 Å². The molecule has 0 bridgehead atoms. The van der Waals surface area contributed by atoms with Crippen LogP contribution in [0.5, 0.6) is 0 Å². The lowest BCUT2D eigenvalue weighted by molar-refractivity contribution is -0.119. The topological polar surface area (TPSA) is 104 Å². The number of amides is 1. The quantitative estimate of drug-likeness (QED) is 0.457. The van der Waals surface area contributed by atoms with Crippen LogP contribution in [0.4, 0.5) is 5.69 Å². The number of thioether (sulfide) groups is 1. The van der Waals surface area contributed by atoms with Gasteiger partial charge in [-0.2, -0.15) is 11.8 Å². The maximum atomic E-state index is 12.3. The molecule has 0 aromatic heterocycles. The summed E-state index contributed by atoms with van der Waals surface area (Å²) in [6.07, 6.45) is 0.992. The van der Waals surface area contributed by atoms with Crippen LogP contribution >= 0.6 is 23.4 Å². The van der Waals surface area contributed by atoms with Crippen LogP contribution in [-0.4, -0.2) is 66.2 Å². The number of carbonyl (C=O) groups excluding carboxylic acids is 1. The van der Waals surface area contributed by atoms with Gasteiger partial charge in [0.15, 0.2) is 0 Å². The summed E-state index contributed by atoms with van der Waals surface area (Å²) >= 11 is 7.57. The third-order valence-corrected chi connectivity index (χ3v) is 8.55. The largest absolute Gasteiger partial charge is 0.354 e. The van der Waals surface area contributed by atoms with Crippen LogP contribution in [0.2, 0.25) is 5.02 Å². The molecule has 2 aromatic carbocycles. The normalized spacial score (nSPS) is 12.0. The molecule has 0 atom stereocenters. The summed E-state index contributed by atoms with van der Waals surface area (Å²) in [6.45, 7) is -0.0285. The fourth-order valence-electron chi connectivity index (χ4n) is 2.66. The first kappa shape index (κ1) is 26.5. The molecule has 0 aliphatic carbocycles. The fourth-order valence-corrected chi connectivity index (χ4v) is 5.44. The van der Waals surface area contributed by atoms with Gasteiger partial charge in [0.1, 0.15) is 6.54 Å². The SMILES string of the molecule is CN(C)S(=O)(=O)c1ccc(N(CC(=O)NCCSCc2cccc(Cl)c2)S(C)(=O)=O)cc1. The molecule has 0 fully saturated rings. The van der Waals surface area contributed by atoms with E-state index in [0.29, 0.717) is 17.3 Å². The number of nitrogens with zero attached hydrogens (tertiary/aromatic N) is 2. The van der Waals surface area contributed by atoms with Gasteiger partial charge in [-0.3, -0.25) is 9.10 Å². The van der Waals surface area contributed by atoms with Crippen molar-refractivity contribution in [3.05, 3.63) is 59.1 Å². The van der Waals surface area contributed by atoms with Gasteiger partial charge in [-0.25, -0.2) is 21.1 Å². The molecule has 0 radical (unpaired) electrons. The molecule has 2 rings (SSSR count). The first-order valence-corrected chi connectivity index (χ1v) is 14.3. The highest BCUT2D eigenvalue weighted by Crippen LogP contribution is 2.21. The molecule has 0 heterocycles. The average Bonchev–Trinajstić information content (AvgIpc) is 2.71. The highest BCUT2D eigenvalue weighted by molar-refractivity contribution is 7.98. The second-order valence-corrected chi connectivity index (χ2v) is 12.7. The van der Waals surface area contributed by atoms with Crippen molar-refractivity contribution in [3.8, 4) is 0 Å². The average molecular weight is 520 g/mol. The van der Waals surface area contributed by atoms with Gasteiger partial charge >= 0.3 is 0 Å². The number of halogens is 1. The lowest BCUT2D eigenvalue weighted by Crippen LogP contribution is -2.41. The Morgan fingerprint density at radius 3 is 2.28 bits per heavy atom. The van der Waals surface area contributed by atoms with Crippen LogP contribution in [0.1, 0.15) is 5.56 Å². The molecule has 0 saturated carbocycles. The molecule has 0 saturated heterocycles. The summed E-state index contributed by atoms with van der Waals surface area (Å²) in [5, 5.41) is 3.38. The van der Waals surface area contributed by atoms with E-state index in [9.17, 15) is 21.6 Å². The summed E-state index contributed by atoms with van der Waals surface area (Å²) in [7, 11) is -4.59. The van der Waals surface area contributed by atoms with E-state index in [0.717, 1.165) is 26.2 Å². The zero-order valence-electron chi connectivity index (χ0n) is 18.0. The van der Waals surface area contributed by atoms with Crippen molar-refractivity contribution in [2.75, 3.05) is 43.5 Å². The molecule has 12 heteroatoms. The Bertz CT molecular complexity index is 1140. The predicted molar refractivity (Wildman–Crippen MR) is 130 cm³/mol. The molecule has 176 valence electrons. The van der Waals surface area contributed by atoms with E-state index in [1.165, 1.54) is 38.4 Å². The Morgan fingerprint density at radius 1 is 1.06 bits per heavy atom. The highest BCUT2D eigenvalue weighted by Gasteiger charge is 2.22. The number of sulfonamides is 2. The third-order valence-electron chi connectivity index (χ3n) is 4.32. The summed E-state index contributed by atoms with van der Waals surface area (Å²) < 4.78 is 50.8. The molecule has 32 heavy (non-hydrogen) atoms. The van der Waals surface area contributed by atoms with E-state index in [1.54, 1.807) is 17.8 Å². The molecule has 1 amide bonds. The van der Waals surface area contributed by atoms with E-state index < -0.39 is 32.5 Å². The van der Waals surface area contributed by atoms with Gasteiger partial charge in [0, 0.05) is 37.2 Å². The second-order valence-electron chi connectivity index (χ2n) is 7.08. The fraction of sp³-hybridized carbons (Fsp3) is 0.350. The van der Waals surface area contributed by atoms with Gasteiger partial charge in [-0.05, 0) is 42.0 Å². The monoisotopic (exact) mass is 519 g/mol. The molecular weight excluding hydrogens is 494 g/mol. The Morgan fingerprint density at radius 2 is 1.72 bits per heavy atom. The molecular formula is C20H26ClN3O5S3. The zero-order valence-corrected chi connectivity index (χ0v) is 21.2. The van der Waals surface area contributed by atoms with Crippen LogP contribution in [0.15, 0.2) is 53.4 Å². The predicted octanol–water partition coefficient (Wildman–Crippen LogP) is 2.41. The molecule has 8 nitrogen and oxygen atoms in total. The number of anilines is 1. The smallest absolute Gasteiger partial charge is 0.242 e. The van der Waals surface area contributed by atoms with Crippen LogP contribution in [0.25, 0.3) is 0 Å². The van der Waals surface area contributed by atoms with Crippen molar-refractivity contribution in [1.29, 1.82) is 0 Å². The summed E-state index contributed by atoms with van der Waals surface area (Å²) in [5.41, 5.74) is 1.28. The molecule has 2 aromatic rings. The van der Waals surface area contributed by atoms with Crippen LogP contribution in [-0.2, 0) is 30.6 Å². The molecule has 0 aliphatic rings. The van der Waals surface area contributed by atoms with Crippen molar-refractivity contribution in [2.45, 2.75) is 10.6 Å². The third kappa shape index (κ3) is 7.66. The Balaban J connectivity index is 1.94. The van der Waals surface area contributed by atoms with E-state index in [4.69, 9.17) is 11.6 Å². The minimum atomic E-state index is -3.76. The number of carbonyl (C=O) groups is 1. The van der Waals surface area contributed by atoms with Crippen molar-refractivity contribution in [2.24, 2.45) is 0 Å². The molecule has 0 aliphatic heterocycles. The molecule has 1 N–H and O–H groups in total. The Hall–Kier alpha value is -1.79. The number of hydrogen-bond donors (Lipinski definition) is 1. The van der Waals surface area contributed by atoms with Gasteiger partial charge < -0.3 is 5.32 Å². The first-order chi connectivity index (χ1) is 14.9. The minimum Gasteiger partial charge on any atom is -0.354 e.